The highest BCUT2D eigenvalue weighted by molar-refractivity contribution is 5.94. The van der Waals surface area contributed by atoms with Gasteiger partial charge in [-0.3, -0.25) is 9.59 Å². The highest BCUT2D eigenvalue weighted by Gasteiger charge is 2.14. The van der Waals surface area contributed by atoms with Crippen molar-refractivity contribution in [3.63, 3.8) is 0 Å². The molecule has 0 aromatic heterocycles. The summed E-state index contributed by atoms with van der Waals surface area (Å²) in [6, 6.07) is 15.5. The summed E-state index contributed by atoms with van der Waals surface area (Å²) in [5.41, 5.74) is 3.81. The second kappa shape index (κ2) is 10.8. The fraction of sp³-hybridized carbons (Fsp3) is 0.417. The van der Waals surface area contributed by atoms with Crippen molar-refractivity contribution in [2.24, 2.45) is 5.92 Å². The van der Waals surface area contributed by atoms with Crippen molar-refractivity contribution in [3.8, 4) is 0 Å². The lowest BCUT2D eigenvalue weighted by atomic mass is 9.93. The molecule has 29 heavy (non-hydrogen) atoms. The molecule has 1 aliphatic heterocycles. The van der Waals surface area contributed by atoms with Crippen molar-refractivity contribution in [1.29, 1.82) is 0 Å². The number of benzene rings is 2. The molecule has 0 spiro atoms. The fourth-order valence-corrected chi connectivity index (χ4v) is 3.61. The van der Waals surface area contributed by atoms with Crippen LogP contribution in [0.2, 0.25) is 0 Å². The number of hydrogen-bond donors (Lipinski definition) is 3. The van der Waals surface area contributed by atoms with Gasteiger partial charge in [0, 0.05) is 25.1 Å². The van der Waals surface area contributed by atoms with E-state index < -0.39 is 0 Å². The van der Waals surface area contributed by atoms with E-state index in [1.165, 1.54) is 5.56 Å². The molecular formula is C24H31N3O2. The van der Waals surface area contributed by atoms with Gasteiger partial charge >= 0.3 is 0 Å². The normalized spacial score (nSPS) is 14.4. The Morgan fingerprint density at radius 1 is 0.966 bits per heavy atom. The van der Waals surface area contributed by atoms with Gasteiger partial charge in [-0.05, 0) is 68.5 Å². The van der Waals surface area contributed by atoms with E-state index in [1.807, 2.05) is 49.4 Å². The van der Waals surface area contributed by atoms with Gasteiger partial charge in [-0.1, -0.05) is 42.0 Å². The molecule has 0 atom stereocenters. The molecule has 0 unspecified atom stereocenters. The van der Waals surface area contributed by atoms with Crippen LogP contribution in [0.15, 0.2) is 48.5 Å². The van der Waals surface area contributed by atoms with Crippen LogP contribution in [0, 0.1) is 12.8 Å². The van der Waals surface area contributed by atoms with E-state index in [-0.39, 0.29) is 11.8 Å². The van der Waals surface area contributed by atoms with E-state index in [4.69, 9.17) is 0 Å². The monoisotopic (exact) mass is 393 g/mol. The highest BCUT2D eigenvalue weighted by Crippen LogP contribution is 2.17. The molecule has 1 aliphatic rings. The summed E-state index contributed by atoms with van der Waals surface area (Å²) in [5.74, 6) is 0.630. The van der Waals surface area contributed by atoms with Crippen molar-refractivity contribution >= 4 is 11.8 Å². The lowest BCUT2D eigenvalue weighted by Crippen LogP contribution is -2.29. The molecule has 5 heteroatoms. The first-order valence-corrected chi connectivity index (χ1v) is 10.5. The number of amides is 2. The molecule has 0 saturated carbocycles. The average molecular weight is 394 g/mol. The standard InChI is InChI=1S/C24H31N3O2/c1-18-5-7-20(8-6-18)16-27-24(29)22-4-2-3-21(15-22)17-26-23(28)10-9-19-11-13-25-14-12-19/h2-8,15,19,25H,9-14,16-17H2,1H3,(H,26,28)(H,27,29). The van der Waals surface area contributed by atoms with Crippen LogP contribution < -0.4 is 16.0 Å². The number of rotatable bonds is 8. The summed E-state index contributed by atoms with van der Waals surface area (Å²) < 4.78 is 0. The van der Waals surface area contributed by atoms with Gasteiger partial charge in [0.1, 0.15) is 0 Å². The first-order chi connectivity index (χ1) is 14.1. The van der Waals surface area contributed by atoms with E-state index in [9.17, 15) is 9.59 Å². The summed E-state index contributed by atoms with van der Waals surface area (Å²) in [4.78, 5) is 24.6. The number of aryl methyl sites for hydroxylation is 1. The fourth-order valence-electron chi connectivity index (χ4n) is 3.61. The van der Waals surface area contributed by atoms with Crippen molar-refractivity contribution in [2.45, 2.75) is 45.7 Å². The van der Waals surface area contributed by atoms with Gasteiger partial charge in [0.25, 0.3) is 5.91 Å². The Morgan fingerprint density at radius 3 is 2.45 bits per heavy atom. The molecular weight excluding hydrogens is 362 g/mol. The number of hydrogen-bond acceptors (Lipinski definition) is 3. The zero-order chi connectivity index (χ0) is 20.5. The maximum absolute atomic E-state index is 12.4. The molecule has 3 rings (SSSR count). The predicted molar refractivity (Wildman–Crippen MR) is 115 cm³/mol. The molecule has 2 aromatic rings. The lowest BCUT2D eigenvalue weighted by Gasteiger charge is -2.22. The van der Waals surface area contributed by atoms with Crippen LogP contribution in [0.25, 0.3) is 0 Å². The zero-order valence-corrected chi connectivity index (χ0v) is 17.2. The topological polar surface area (TPSA) is 70.2 Å². The van der Waals surface area contributed by atoms with Gasteiger partial charge in [-0.15, -0.1) is 0 Å². The average Bonchev–Trinajstić information content (AvgIpc) is 2.76. The van der Waals surface area contributed by atoms with Gasteiger partial charge in [-0.2, -0.15) is 0 Å². The third kappa shape index (κ3) is 7.02. The number of piperidine rings is 1. The van der Waals surface area contributed by atoms with Crippen LogP contribution in [-0.2, 0) is 17.9 Å². The van der Waals surface area contributed by atoms with Gasteiger partial charge in [0.2, 0.25) is 5.91 Å². The Morgan fingerprint density at radius 2 is 1.69 bits per heavy atom. The Labute approximate surface area is 173 Å². The first kappa shape index (κ1) is 21.1. The van der Waals surface area contributed by atoms with Crippen LogP contribution in [0.1, 0.15) is 52.7 Å². The van der Waals surface area contributed by atoms with Crippen molar-refractivity contribution in [2.75, 3.05) is 13.1 Å². The van der Waals surface area contributed by atoms with Gasteiger partial charge in [0.05, 0.1) is 0 Å². The highest BCUT2D eigenvalue weighted by atomic mass is 16.2. The van der Waals surface area contributed by atoms with Crippen LogP contribution >= 0.6 is 0 Å². The smallest absolute Gasteiger partial charge is 0.251 e. The maximum Gasteiger partial charge on any atom is 0.251 e. The molecule has 1 fully saturated rings. The van der Waals surface area contributed by atoms with Crippen LogP contribution in [0.3, 0.4) is 0 Å². The summed E-state index contributed by atoms with van der Waals surface area (Å²) >= 11 is 0. The molecule has 154 valence electrons. The van der Waals surface area contributed by atoms with Crippen LogP contribution in [0.5, 0.6) is 0 Å². The van der Waals surface area contributed by atoms with E-state index in [0.717, 1.165) is 43.5 Å². The minimum Gasteiger partial charge on any atom is -0.352 e. The quantitative estimate of drug-likeness (QED) is 0.644. The Balaban J connectivity index is 1.43. The maximum atomic E-state index is 12.4. The van der Waals surface area contributed by atoms with E-state index in [2.05, 4.69) is 16.0 Å². The number of carbonyl (C=O) groups is 2. The van der Waals surface area contributed by atoms with Crippen LogP contribution in [-0.4, -0.2) is 24.9 Å². The molecule has 2 aromatic carbocycles. The predicted octanol–water partition coefficient (Wildman–Crippen LogP) is 3.32. The lowest BCUT2D eigenvalue weighted by molar-refractivity contribution is -0.121. The minimum absolute atomic E-state index is 0.0813. The van der Waals surface area contributed by atoms with E-state index in [1.54, 1.807) is 6.07 Å². The molecule has 2 amide bonds. The third-order valence-electron chi connectivity index (χ3n) is 5.49. The Bertz CT molecular complexity index is 811. The SMILES string of the molecule is Cc1ccc(CNC(=O)c2cccc(CNC(=O)CCC3CCNCC3)c2)cc1. The molecule has 0 bridgehead atoms. The summed E-state index contributed by atoms with van der Waals surface area (Å²) in [5, 5.41) is 9.28. The molecule has 0 radical (unpaired) electrons. The minimum atomic E-state index is -0.107. The van der Waals surface area contributed by atoms with Gasteiger partial charge in [-0.25, -0.2) is 0 Å². The Kier molecular flexibility index (Phi) is 7.82. The van der Waals surface area contributed by atoms with E-state index >= 15 is 0 Å². The molecule has 1 saturated heterocycles. The van der Waals surface area contributed by atoms with Crippen molar-refractivity contribution in [1.82, 2.24) is 16.0 Å². The molecule has 3 N–H and O–H groups in total. The van der Waals surface area contributed by atoms with E-state index in [0.29, 0.717) is 31.0 Å². The number of nitrogens with one attached hydrogen (secondary N) is 3. The largest absolute Gasteiger partial charge is 0.352 e. The van der Waals surface area contributed by atoms with Crippen molar-refractivity contribution < 1.29 is 9.59 Å². The second-order valence-electron chi connectivity index (χ2n) is 7.88. The molecule has 5 nitrogen and oxygen atoms in total. The summed E-state index contributed by atoms with van der Waals surface area (Å²) in [7, 11) is 0. The summed E-state index contributed by atoms with van der Waals surface area (Å²) in [6.07, 6.45) is 3.84. The van der Waals surface area contributed by atoms with Gasteiger partial charge < -0.3 is 16.0 Å². The number of carbonyl (C=O) groups excluding carboxylic acids is 2. The second-order valence-corrected chi connectivity index (χ2v) is 7.88. The molecule has 1 heterocycles. The molecule has 0 aliphatic carbocycles. The zero-order valence-electron chi connectivity index (χ0n) is 17.2. The summed E-state index contributed by atoms with van der Waals surface area (Å²) in [6.45, 7) is 5.11. The van der Waals surface area contributed by atoms with Gasteiger partial charge in [0.15, 0.2) is 0 Å². The third-order valence-corrected chi connectivity index (χ3v) is 5.49. The Hall–Kier alpha value is -2.66. The van der Waals surface area contributed by atoms with Crippen molar-refractivity contribution in [3.05, 3.63) is 70.8 Å². The first-order valence-electron chi connectivity index (χ1n) is 10.5. The van der Waals surface area contributed by atoms with Crippen LogP contribution in [0.4, 0.5) is 0 Å².